The van der Waals surface area contributed by atoms with Gasteiger partial charge in [-0.3, -0.25) is 10.9 Å². The third kappa shape index (κ3) is 8.04. The summed E-state index contributed by atoms with van der Waals surface area (Å²) < 4.78 is 28.9. The Morgan fingerprint density at radius 2 is 1.83 bits per heavy atom. The second kappa shape index (κ2) is 13.1. The van der Waals surface area contributed by atoms with Crippen LogP contribution in [0.5, 0.6) is 5.75 Å². The van der Waals surface area contributed by atoms with Crippen molar-refractivity contribution in [2.24, 2.45) is 11.8 Å². The van der Waals surface area contributed by atoms with Crippen molar-refractivity contribution in [1.82, 2.24) is 10.9 Å². The lowest BCUT2D eigenvalue weighted by molar-refractivity contribution is -0.0498. The van der Waals surface area contributed by atoms with Crippen molar-refractivity contribution in [3.8, 4) is 5.75 Å². The van der Waals surface area contributed by atoms with E-state index in [9.17, 15) is 8.78 Å². The molecule has 0 heterocycles. The van der Waals surface area contributed by atoms with E-state index in [-0.39, 0.29) is 5.75 Å². The molecule has 4 nitrogen and oxygen atoms in total. The molecule has 0 spiro atoms. The Labute approximate surface area is 144 Å². The van der Waals surface area contributed by atoms with Crippen LogP contribution in [0.3, 0.4) is 0 Å². The Bertz CT molecular complexity index is 445. The van der Waals surface area contributed by atoms with E-state index in [0.717, 1.165) is 38.5 Å². The van der Waals surface area contributed by atoms with Crippen LogP contribution in [0, 0.1) is 11.8 Å². The van der Waals surface area contributed by atoms with Gasteiger partial charge >= 0.3 is 6.61 Å². The second-order valence-corrected chi connectivity index (χ2v) is 5.56. The van der Waals surface area contributed by atoms with Gasteiger partial charge in [0.1, 0.15) is 5.75 Å². The molecule has 6 heteroatoms. The van der Waals surface area contributed by atoms with E-state index in [1.807, 2.05) is 27.0 Å². The lowest BCUT2D eigenvalue weighted by Crippen LogP contribution is -2.32. The molecule has 0 bridgehead atoms. The topological polar surface area (TPSA) is 53.5 Å². The van der Waals surface area contributed by atoms with Gasteiger partial charge in [-0.05, 0) is 61.4 Å². The predicted molar refractivity (Wildman–Crippen MR) is 94.3 cm³/mol. The first-order valence-electron chi connectivity index (χ1n) is 8.49. The molecule has 0 aliphatic heterocycles. The van der Waals surface area contributed by atoms with Crippen LogP contribution >= 0.6 is 0 Å². The maximum Gasteiger partial charge on any atom is 0.387 e. The highest BCUT2D eigenvalue weighted by molar-refractivity contribution is 5.39. The molecular formula is C18H32F2N2O2. The second-order valence-electron chi connectivity index (χ2n) is 5.56. The lowest BCUT2D eigenvalue weighted by atomic mass is 9.93. The first-order chi connectivity index (χ1) is 11.6. The summed E-state index contributed by atoms with van der Waals surface area (Å²) in [5, 5.41) is 7.00. The zero-order valence-electron chi connectivity index (χ0n) is 15.4. The van der Waals surface area contributed by atoms with E-state index in [0.29, 0.717) is 11.8 Å². The summed E-state index contributed by atoms with van der Waals surface area (Å²) in [6, 6.07) is 5.32. The molecule has 2 rings (SSSR count). The van der Waals surface area contributed by atoms with E-state index in [1.54, 1.807) is 12.1 Å². The highest BCUT2D eigenvalue weighted by Gasteiger charge is 2.23. The normalized spacial score (nSPS) is 16.5. The van der Waals surface area contributed by atoms with E-state index in [2.05, 4.69) is 22.5 Å². The molecule has 0 saturated carbocycles. The van der Waals surface area contributed by atoms with Crippen molar-refractivity contribution in [3.63, 3.8) is 0 Å². The number of aliphatic hydroxyl groups excluding tert-OH is 1. The standard InChI is InChI=1S/C15H22F2N2O.C2H6.CH4O/c1-10(9-19-18-2)5-11-6-12-3-4-14(20-15(16)17)8-13(12)7-11;2*1-2/h3-4,8,10-11,15,18-19H,5-7,9H2,1-2H3;1-2H3;2H,1H3. The van der Waals surface area contributed by atoms with E-state index < -0.39 is 6.61 Å². The maximum absolute atomic E-state index is 12.2. The molecule has 0 fully saturated rings. The smallest absolute Gasteiger partial charge is 0.387 e. The van der Waals surface area contributed by atoms with Gasteiger partial charge in [0.25, 0.3) is 0 Å². The van der Waals surface area contributed by atoms with Crippen LogP contribution < -0.4 is 15.6 Å². The van der Waals surface area contributed by atoms with Crippen LogP contribution in [0.25, 0.3) is 0 Å². The predicted octanol–water partition coefficient (Wildman–Crippen LogP) is 3.39. The molecule has 2 atom stereocenters. The average Bonchev–Trinajstić information content (AvgIpc) is 2.97. The molecule has 1 aliphatic carbocycles. The fourth-order valence-corrected chi connectivity index (χ4v) is 2.96. The number of hydrogen-bond donors (Lipinski definition) is 3. The summed E-state index contributed by atoms with van der Waals surface area (Å²) >= 11 is 0. The molecule has 1 aliphatic rings. The zero-order chi connectivity index (χ0) is 18.5. The third-order valence-corrected chi connectivity index (χ3v) is 3.78. The minimum absolute atomic E-state index is 0.268. The van der Waals surface area contributed by atoms with E-state index in [4.69, 9.17) is 5.11 Å². The van der Waals surface area contributed by atoms with Gasteiger partial charge in [0.15, 0.2) is 0 Å². The fraction of sp³-hybridized carbons (Fsp3) is 0.667. The first-order valence-corrected chi connectivity index (χ1v) is 8.49. The minimum Gasteiger partial charge on any atom is -0.435 e. The molecule has 24 heavy (non-hydrogen) atoms. The number of rotatable bonds is 7. The van der Waals surface area contributed by atoms with Crippen molar-refractivity contribution in [2.45, 2.75) is 46.6 Å². The van der Waals surface area contributed by atoms with Gasteiger partial charge in [0.2, 0.25) is 0 Å². The minimum atomic E-state index is -2.75. The van der Waals surface area contributed by atoms with Crippen molar-refractivity contribution in [3.05, 3.63) is 29.3 Å². The highest BCUT2D eigenvalue weighted by atomic mass is 19.3. The fourth-order valence-electron chi connectivity index (χ4n) is 2.96. The number of nitrogens with one attached hydrogen (secondary N) is 2. The Kier molecular flexibility index (Phi) is 12.4. The maximum atomic E-state index is 12.2. The molecule has 2 unspecified atom stereocenters. The molecule has 0 radical (unpaired) electrons. The van der Waals surface area contributed by atoms with Crippen LogP contribution in [0.4, 0.5) is 8.78 Å². The number of aliphatic hydroxyl groups is 1. The SMILES string of the molecule is CC.CNNCC(C)CC1Cc2ccc(OC(F)F)cc2C1.CO. The lowest BCUT2D eigenvalue weighted by Gasteiger charge is -2.16. The van der Waals surface area contributed by atoms with Gasteiger partial charge in [0, 0.05) is 13.7 Å². The summed E-state index contributed by atoms with van der Waals surface area (Å²) in [5.41, 5.74) is 8.47. The first kappa shape index (κ1) is 22.8. The van der Waals surface area contributed by atoms with Gasteiger partial charge in [-0.1, -0.05) is 26.8 Å². The number of ether oxygens (including phenoxy) is 1. The summed E-state index contributed by atoms with van der Waals surface area (Å²) in [5.74, 6) is 1.45. The molecular weight excluding hydrogens is 314 g/mol. The van der Waals surface area contributed by atoms with Gasteiger partial charge in [-0.25, -0.2) is 0 Å². The van der Waals surface area contributed by atoms with Crippen molar-refractivity contribution >= 4 is 0 Å². The number of hydrazine groups is 1. The average molecular weight is 346 g/mol. The van der Waals surface area contributed by atoms with Crippen LogP contribution in [0.1, 0.15) is 38.3 Å². The molecule has 1 aromatic rings. The number of hydrogen-bond acceptors (Lipinski definition) is 4. The number of halogens is 2. The zero-order valence-corrected chi connectivity index (χ0v) is 15.4. The summed E-state index contributed by atoms with van der Waals surface area (Å²) in [7, 11) is 2.86. The van der Waals surface area contributed by atoms with E-state index in [1.165, 1.54) is 5.56 Å². The van der Waals surface area contributed by atoms with E-state index >= 15 is 0 Å². The van der Waals surface area contributed by atoms with Crippen molar-refractivity contribution in [1.29, 1.82) is 0 Å². The van der Waals surface area contributed by atoms with Crippen molar-refractivity contribution in [2.75, 3.05) is 20.7 Å². The van der Waals surface area contributed by atoms with Gasteiger partial charge < -0.3 is 9.84 Å². The molecule has 0 amide bonds. The molecule has 3 N–H and O–H groups in total. The monoisotopic (exact) mass is 346 g/mol. The quantitative estimate of drug-likeness (QED) is 0.663. The van der Waals surface area contributed by atoms with Crippen LogP contribution in [-0.2, 0) is 12.8 Å². The number of fused-ring (bicyclic) bond motifs is 1. The van der Waals surface area contributed by atoms with Crippen LogP contribution in [-0.4, -0.2) is 32.4 Å². The van der Waals surface area contributed by atoms with Crippen molar-refractivity contribution < 1.29 is 18.6 Å². The molecule has 140 valence electrons. The largest absolute Gasteiger partial charge is 0.435 e. The van der Waals surface area contributed by atoms with Crippen LogP contribution in [0.2, 0.25) is 0 Å². The van der Waals surface area contributed by atoms with Crippen LogP contribution in [0.15, 0.2) is 18.2 Å². The van der Waals surface area contributed by atoms with Gasteiger partial charge in [-0.15, -0.1) is 0 Å². The Balaban J connectivity index is 0.00000123. The molecule has 0 saturated heterocycles. The summed E-state index contributed by atoms with van der Waals surface area (Å²) in [6.45, 7) is 4.40. The molecule has 1 aromatic carbocycles. The number of benzene rings is 1. The highest BCUT2D eigenvalue weighted by Crippen LogP contribution is 2.33. The Morgan fingerprint density at radius 1 is 1.21 bits per heavy atom. The Hall–Kier alpha value is -1.24. The molecule has 0 aromatic heterocycles. The van der Waals surface area contributed by atoms with Gasteiger partial charge in [0.05, 0.1) is 0 Å². The number of alkyl halides is 2. The van der Waals surface area contributed by atoms with Gasteiger partial charge in [-0.2, -0.15) is 8.78 Å². The third-order valence-electron chi connectivity index (χ3n) is 3.78. The summed E-state index contributed by atoms with van der Waals surface area (Å²) in [4.78, 5) is 0. The summed E-state index contributed by atoms with van der Waals surface area (Å²) in [6.07, 6.45) is 3.13. The Morgan fingerprint density at radius 3 is 2.42 bits per heavy atom.